The smallest absolute Gasteiger partial charge is 0.0798 e. The molecule has 0 saturated heterocycles. The molecule has 0 radical (unpaired) electrons. The summed E-state index contributed by atoms with van der Waals surface area (Å²) in [5.41, 5.74) is 3.08. The molecule has 0 unspecified atom stereocenters. The van der Waals surface area contributed by atoms with Gasteiger partial charge in [0.05, 0.1) is 11.2 Å². The molecule has 0 saturated carbocycles. The van der Waals surface area contributed by atoms with E-state index in [1.165, 1.54) is 11.3 Å². The van der Waals surface area contributed by atoms with Crippen LogP contribution in [0.15, 0.2) is 5.51 Å². The molecule has 16 heavy (non-hydrogen) atoms. The van der Waals surface area contributed by atoms with Crippen LogP contribution in [0.5, 0.6) is 0 Å². The number of hydrogen-bond acceptors (Lipinski definition) is 4. The minimum Gasteiger partial charge on any atom is -0.312 e. The Bertz CT molecular complexity index is 296. The van der Waals surface area contributed by atoms with Crippen molar-refractivity contribution in [2.24, 2.45) is 0 Å². The van der Waals surface area contributed by atoms with E-state index < -0.39 is 0 Å². The van der Waals surface area contributed by atoms with E-state index in [9.17, 15) is 0 Å². The molecular formula is C12H23N3S. The van der Waals surface area contributed by atoms with E-state index in [0.29, 0.717) is 6.04 Å². The highest BCUT2D eigenvalue weighted by molar-refractivity contribution is 7.09. The van der Waals surface area contributed by atoms with E-state index in [4.69, 9.17) is 0 Å². The van der Waals surface area contributed by atoms with Crippen LogP contribution in [0.3, 0.4) is 0 Å². The average Bonchev–Trinajstić information content (AvgIpc) is 2.63. The first-order chi connectivity index (χ1) is 7.61. The van der Waals surface area contributed by atoms with Gasteiger partial charge in [-0.15, -0.1) is 11.3 Å². The van der Waals surface area contributed by atoms with Gasteiger partial charge in [0, 0.05) is 17.5 Å². The SMILES string of the molecule is Cc1ncsc1CNCCCN(C)C(C)C. The number of thiazole rings is 1. The molecule has 0 aliphatic heterocycles. The molecule has 1 aromatic rings. The zero-order chi connectivity index (χ0) is 12.0. The van der Waals surface area contributed by atoms with Gasteiger partial charge in [0.15, 0.2) is 0 Å². The summed E-state index contributed by atoms with van der Waals surface area (Å²) in [6.45, 7) is 9.73. The standard InChI is InChI=1S/C12H23N3S/c1-10(2)15(4)7-5-6-13-8-12-11(3)14-9-16-12/h9-10,13H,5-8H2,1-4H3. The number of rotatable bonds is 7. The van der Waals surface area contributed by atoms with Crippen LogP contribution in [-0.2, 0) is 6.54 Å². The van der Waals surface area contributed by atoms with Crippen LogP contribution in [0.2, 0.25) is 0 Å². The third-order valence-electron chi connectivity index (χ3n) is 2.88. The molecule has 0 amide bonds. The van der Waals surface area contributed by atoms with E-state index >= 15 is 0 Å². The Morgan fingerprint density at radius 3 is 2.81 bits per heavy atom. The van der Waals surface area contributed by atoms with Crippen molar-refractivity contribution in [2.45, 2.75) is 39.8 Å². The molecule has 0 spiro atoms. The molecule has 0 aliphatic carbocycles. The average molecular weight is 241 g/mol. The van der Waals surface area contributed by atoms with Crippen LogP contribution in [0.4, 0.5) is 0 Å². The van der Waals surface area contributed by atoms with E-state index in [1.54, 1.807) is 11.3 Å². The molecule has 0 atom stereocenters. The topological polar surface area (TPSA) is 28.2 Å². The fraction of sp³-hybridized carbons (Fsp3) is 0.750. The first-order valence-electron chi connectivity index (χ1n) is 5.91. The molecule has 1 aromatic heterocycles. The van der Waals surface area contributed by atoms with Gasteiger partial charge in [-0.2, -0.15) is 0 Å². The maximum absolute atomic E-state index is 4.24. The minimum atomic E-state index is 0.642. The third-order valence-corrected chi connectivity index (χ3v) is 3.81. The molecule has 4 heteroatoms. The van der Waals surface area contributed by atoms with Gasteiger partial charge in [-0.05, 0) is 47.3 Å². The van der Waals surface area contributed by atoms with Crippen LogP contribution < -0.4 is 5.32 Å². The fourth-order valence-corrected chi connectivity index (χ4v) is 2.16. The molecule has 92 valence electrons. The summed E-state index contributed by atoms with van der Waals surface area (Å²) in [5, 5.41) is 3.47. The van der Waals surface area contributed by atoms with Gasteiger partial charge in [0.25, 0.3) is 0 Å². The Morgan fingerprint density at radius 2 is 2.25 bits per heavy atom. The molecule has 0 bridgehead atoms. The van der Waals surface area contributed by atoms with Gasteiger partial charge in [0.1, 0.15) is 0 Å². The summed E-state index contributed by atoms with van der Waals surface area (Å²) >= 11 is 1.73. The predicted octanol–water partition coefficient (Wildman–Crippen LogP) is 2.27. The second-order valence-corrected chi connectivity index (χ2v) is 5.40. The lowest BCUT2D eigenvalue weighted by Gasteiger charge is -2.20. The van der Waals surface area contributed by atoms with E-state index in [0.717, 1.165) is 25.3 Å². The van der Waals surface area contributed by atoms with Crippen molar-refractivity contribution < 1.29 is 0 Å². The largest absolute Gasteiger partial charge is 0.312 e. The van der Waals surface area contributed by atoms with Crippen molar-refractivity contribution in [3.05, 3.63) is 16.1 Å². The number of hydrogen-bond donors (Lipinski definition) is 1. The normalized spacial score (nSPS) is 11.6. The Hall–Kier alpha value is -0.450. The maximum atomic E-state index is 4.24. The van der Waals surface area contributed by atoms with Crippen LogP contribution >= 0.6 is 11.3 Å². The van der Waals surface area contributed by atoms with Gasteiger partial charge in [-0.1, -0.05) is 0 Å². The van der Waals surface area contributed by atoms with Gasteiger partial charge >= 0.3 is 0 Å². The highest BCUT2D eigenvalue weighted by atomic mass is 32.1. The zero-order valence-corrected chi connectivity index (χ0v) is 11.6. The van der Waals surface area contributed by atoms with Crippen LogP contribution in [0, 0.1) is 6.92 Å². The molecule has 3 nitrogen and oxygen atoms in total. The van der Waals surface area contributed by atoms with E-state index in [2.05, 4.69) is 43.0 Å². The van der Waals surface area contributed by atoms with Gasteiger partial charge in [-0.3, -0.25) is 0 Å². The van der Waals surface area contributed by atoms with Crippen LogP contribution in [0.1, 0.15) is 30.8 Å². The van der Waals surface area contributed by atoms with Crippen LogP contribution in [-0.4, -0.2) is 36.1 Å². The zero-order valence-electron chi connectivity index (χ0n) is 10.8. The second kappa shape index (κ2) is 6.99. The molecular weight excluding hydrogens is 218 g/mol. The summed E-state index contributed by atoms with van der Waals surface area (Å²) < 4.78 is 0. The number of aromatic nitrogens is 1. The Morgan fingerprint density at radius 1 is 1.50 bits per heavy atom. The number of nitrogens with one attached hydrogen (secondary N) is 1. The van der Waals surface area contributed by atoms with Crippen molar-refractivity contribution in [1.82, 2.24) is 15.2 Å². The molecule has 0 aliphatic rings. The molecule has 1 heterocycles. The summed E-state index contributed by atoms with van der Waals surface area (Å²) in [5.74, 6) is 0. The van der Waals surface area contributed by atoms with Crippen molar-refractivity contribution in [1.29, 1.82) is 0 Å². The highest BCUT2D eigenvalue weighted by Gasteiger charge is 2.02. The Balaban J connectivity index is 2.07. The summed E-state index contributed by atoms with van der Waals surface area (Å²) in [6.07, 6.45) is 1.20. The predicted molar refractivity (Wildman–Crippen MR) is 70.9 cm³/mol. The van der Waals surface area contributed by atoms with Crippen molar-refractivity contribution in [2.75, 3.05) is 20.1 Å². The molecule has 0 fully saturated rings. The second-order valence-electron chi connectivity index (χ2n) is 4.47. The summed E-state index contributed by atoms with van der Waals surface area (Å²) in [6, 6.07) is 0.642. The lowest BCUT2D eigenvalue weighted by molar-refractivity contribution is 0.269. The first-order valence-corrected chi connectivity index (χ1v) is 6.79. The third kappa shape index (κ3) is 4.60. The summed E-state index contributed by atoms with van der Waals surface area (Å²) in [4.78, 5) is 7.97. The van der Waals surface area contributed by atoms with E-state index in [-0.39, 0.29) is 0 Å². The fourth-order valence-electron chi connectivity index (χ4n) is 1.41. The monoisotopic (exact) mass is 241 g/mol. The van der Waals surface area contributed by atoms with Crippen molar-refractivity contribution in [3.63, 3.8) is 0 Å². The molecule has 1 N–H and O–H groups in total. The number of aryl methyl sites for hydroxylation is 1. The summed E-state index contributed by atoms with van der Waals surface area (Å²) in [7, 11) is 2.18. The molecule has 1 rings (SSSR count). The first kappa shape index (κ1) is 13.6. The molecule has 0 aromatic carbocycles. The quantitative estimate of drug-likeness (QED) is 0.742. The van der Waals surface area contributed by atoms with Gasteiger partial charge in [0.2, 0.25) is 0 Å². The highest BCUT2D eigenvalue weighted by Crippen LogP contribution is 2.10. The van der Waals surface area contributed by atoms with Gasteiger partial charge in [-0.25, -0.2) is 4.98 Å². The lowest BCUT2D eigenvalue weighted by Crippen LogP contribution is -2.29. The maximum Gasteiger partial charge on any atom is 0.0798 e. The van der Waals surface area contributed by atoms with Crippen molar-refractivity contribution >= 4 is 11.3 Å². The van der Waals surface area contributed by atoms with Crippen LogP contribution in [0.25, 0.3) is 0 Å². The Labute approximate surface area is 103 Å². The van der Waals surface area contributed by atoms with Crippen molar-refractivity contribution in [3.8, 4) is 0 Å². The Kier molecular flexibility index (Phi) is 5.95. The van der Waals surface area contributed by atoms with Gasteiger partial charge < -0.3 is 10.2 Å². The van der Waals surface area contributed by atoms with E-state index in [1.807, 2.05) is 5.51 Å². The number of nitrogens with zero attached hydrogens (tertiary/aromatic N) is 2. The lowest BCUT2D eigenvalue weighted by atomic mass is 10.3. The minimum absolute atomic E-state index is 0.642.